The molecule has 0 saturated heterocycles. The third kappa shape index (κ3) is 3.35. The summed E-state index contributed by atoms with van der Waals surface area (Å²) in [5.41, 5.74) is 3.00. The maximum absolute atomic E-state index is 12.5. The van der Waals surface area contributed by atoms with Crippen molar-refractivity contribution in [2.24, 2.45) is 0 Å². The highest BCUT2D eigenvalue weighted by Crippen LogP contribution is 2.29. The van der Waals surface area contributed by atoms with E-state index < -0.39 is 10.8 Å². The smallest absolute Gasteiger partial charge is 0.322 e. The highest BCUT2D eigenvalue weighted by Gasteiger charge is 2.16. The summed E-state index contributed by atoms with van der Waals surface area (Å²) in [6.45, 7) is 4.00. The molecule has 1 N–H and O–H groups in total. The van der Waals surface area contributed by atoms with Crippen molar-refractivity contribution in [3.63, 3.8) is 0 Å². The van der Waals surface area contributed by atoms with Crippen LogP contribution in [0.4, 0.5) is 11.7 Å². The molecule has 0 aliphatic rings. The summed E-state index contributed by atoms with van der Waals surface area (Å²) in [7, 11) is 0. The number of nitro benzene ring substituents is 1. The average molecular weight is 394 g/mol. The number of carbonyl (C=O) groups is 1. The van der Waals surface area contributed by atoms with Crippen LogP contribution in [0.5, 0.6) is 0 Å². The maximum Gasteiger partial charge on any atom is 0.322 e. The first-order valence-corrected chi connectivity index (χ1v) is 9.13. The predicted octanol–water partition coefficient (Wildman–Crippen LogP) is 4.73. The van der Waals surface area contributed by atoms with Crippen LogP contribution in [0.15, 0.2) is 46.9 Å². The SMILES string of the molecule is Cc1ccc(-c2nnc(NC(=O)c3cc4cc([N+](=O)[O-])ccc4s3)o2)cc1C. The summed E-state index contributed by atoms with van der Waals surface area (Å²) in [5, 5.41) is 21.9. The van der Waals surface area contributed by atoms with Crippen LogP contribution in [-0.4, -0.2) is 21.0 Å². The van der Waals surface area contributed by atoms with E-state index >= 15 is 0 Å². The molecule has 9 heteroatoms. The molecule has 4 rings (SSSR count). The van der Waals surface area contributed by atoms with Gasteiger partial charge in [-0.25, -0.2) is 0 Å². The van der Waals surface area contributed by atoms with Crippen molar-refractivity contribution in [2.45, 2.75) is 13.8 Å². The molecule has 0 aliphatic heterocycles. The minimum Gasteiger partial charge on any atom is -0.403 e. The number of nitrogens with zero attached hydrogens (tertiary/aromatic N) is 3. The minimum absolute atomic E-state index is 0.0123. The van der Waals surface area contributed by atoms with E-state index in [1.54, 1.807) is 12.1 Å². The summed E-state index contributed by atoms with van der Waals surface area (Å²) in [6.07, 6.45) is 0. The Balaban J connectivity index is 1.55. The molecule has 28 heavy (non-hydrogen) atoms. The number of aryl methyl sites for hydroxylation is 2. The van der Waals surface area contributed by atoms with Crippen LogP contribution in [0, 0.1) is 24.0 Å². The van der Waals surface area contributed by atoms with Gasteiger partial charge in [0, 0.05) is 27.8 Å². The second-order valence-electron chi connectivity index (χ2n) is 6.26. The van der Waals surface area contributed by atoms with E-state index in [4.69, 9.17) is 4.42 Å². The Morgan fingerprint density at radius 3 is 2.68 bits per heavy atom. The van der Waals surface area contributed by atoms with Gasteiger partial charge < -0.3 is 4.42 Å². The Bertz CT molecular complexity index is 1230. The number of nitro groups is 1. The molecule has 0 spiro atoms. The number of hydrogen-bond acceptors (Lipinski definition) is 7. The van der Waals surface area contributed by atoms with E-state index in [-0.39, 0.29) is 11.7 Å². The van der Waals surface area contributed by atoms with Crippen LogP contribution in [-0.2, 0) is 0 Å². The Kier molecular flexibility index (Phi) is 4.36. The van der Waals surface area contributed by atoms with Crippen molar-refractivity contribution < 1.29 is 14.1 Å². The lowest BCUT2D eigenvalue weighted by molar-refractivity contribution is -0.384. The fourth-order valence-corrected chi connectivity index (χ4v) is 3.62. The molecule has 2 aromatic carbocycles. The van der Waals surface area contributed by atoms with Crippen LogP contribution in [0.25, 0.3) is 21.5 Å². The first-order chi connectivity index (χ1) is 13.4. The van der Waals surface area contributed by atoms with Crippen LogP contribution < -0.4 is 5.32 Å². The number of non-ortho nitro benzene ring substituents is 1. The summed E-state index contributed by atoms with van der Waals surface area (Å²) in [5.74, 6) is -0.107. The zero-order valence-electron chi connectivity index (χ0n) is 14.9. The minimum atomic E-state index is -0.469. The molecule has 0 atom stereocenters. The number of fused-ring (bicyclic) bond motifs is 1. The van der Waals surface area contributed by atoms with Gasteiger partial charge in [-0.15, -0.1) is 16.4 Å². The molecule has 0 bridgehead atoms. The Morgan fingerprint density at radius 1 is 1.11 bits per heavy atom. The van der Waals surface area contributed by atoms with E-state index in [9.17, 15) is 14.9 Å². The summed E-state index contributed by atoms with van der Waals surface area (Å²) in [4.78, 5) is 23.3. The first kappa shape index (κ1) is 17.8. The Labute approximate surface area is 163 Å². The molecule has 2 aromatic heterocycles. The van der Waals surface area contributed by atoms with Gasteiger partial charge in [-0.1, -0.05) is 11.2 Å². The summed E-state index contributed by atoms with van der Waals surface area (Å²) < 4.78 is 6.32. The molecule has 1 amide bonds. The number of thiophene rings is 1. The van der Waals surface area contributed by atoms with Gasteiger partial charge >= 0.3 is 6.01 Å². The number of carbonyl (C=O) groups excluding carboxylic acids is 1. The lowest BCUT2D eigenvalue weighted by atomic mass is 10.1. The van der Waals surface area contributed by atoms with Gasteiger partial charge in [0.15, 0.2) is 0 Å². The van der Waals surface area contributed by atoms with Gasteiger partial charge in [-0.3, -0.25) is 20.2 Å². The second-order valence-corrected chi connectivity index (χ2v) is 7.34. The molecule has 0 unspecified atom stereocenters. The molecule has 8 nitrogen and oxygen atoms in total. The van der Waals surface area contributed by atoms with Crippen molar-refractivity contribution in [3.8, 4) is 11.5 Å². The topological polar surface area (TPSA) is 111 Å². The molecule has 4 aromatic rings. The largest absolute Gasteiger partial charge is 0.403 e. The molecule has 140 valence electrons. The first-order valence-electron chi connectivity index (χ1n) is 8.31. The van der Waals surface area contributed by atoms with Crippen molar-refractivity contribution >= 4 is 39.0 Å². The van der Waals surface area contributed by atoms with Crippen LogP contribution in [0.1, 0.15) is 20.8 Å². The Hall–Kier alpha value is -3.59. The summed E-state index contributed by atoms with van der Waals surface area (Å²) in [6, 6.07) is 11.8. The molecular weight excluding hydrogens is 380 g/mol. The number of hydrogen-bond donors (Lipinski definition) is 1. The second kappa shape index (κ2) is 6.86. The average Bonchev–Trinajstić information content (AvgIpc) is 3.30. The third-order valence-corrected chi connectivity index (χ3v) is 5.45. The molecule has 0 saturated carbocycles. The lowest BCUT2D eigenvalue weighted by Crippen LogP contribution is -2.10. The zero-order chi connectivity index (χ0) is 19.8. The quantitative estimate of drug-likeness (QED) is 0.396. The summed E-state index contributed by atoms with van der Waals surface area (Å²) >= 11 is 1.23. The van der Waals surface area contributed by atoms with Crippen molar-refractivity contribution in [2.75, 3.05) is 5.32 Å². The molecule has 0 radical (unpaired) electrons. The number of nitrogens with one attached hydrogen (secondary N) is 1. The number of aromatic nitrogens is 2. The van der Waals surface area contributed by atoms with Crippen molar-refractivity contribution in [1.29, 1.82) is 0 Å². The van der Waals surface area contributed by atoms with E-state index in [1.807, 2.05) is 32.0 Å². The fourth-order valence-electron chi connectivity index (χ4n) is 2.68. The maximum atomic E-state index is 12.5. The van der Waals surface area contributed by atoms with Crippen molar-refractivity contribution in [3.05, 3.63) is 68.6 Å². The van der Waals surface area contributed by atoms with Gasteiger partial charge in [-0.2, -0.15) is 0 Å². The molecule has 0 fully saturated rings. The Morgan fingerprint density at radius 2 is 1.93 bits per heavy atom. The van der Waals surface area contributed by atoms with Gasteiger partial charge in [0.1, 0.15) is 0 Å². The predicted molar refractivity (Wildman–Crippen MR) is 106 cm³/mol. The molecular formula is C19H14N4O4S. The normalized spacial score (nSPS) is 10.9. The lowest BCUT2D eigenvalue weighted by Gasteiger charge is -2.01. The highest BCUT2D eigenvalue weighted by atomic mass is 32.1. The molecule has 0 aliphatic carbocycles. The molecule has 2 heterocycles. The van der Waals surface area contributed by atoms with Gasteiger partial charge in [0.05, 0.1) is 9.80 Å². The van der Waals surface area contributed by atoms with Crippen molar-refractivity contribution in [1.82, 2.24) is 10.2 Å². The third-order valence-electron chi connectivity index (χ3n) is 4.33. The number of anilines is 1. The number of amides is 1. The van der Waals surface area contributed by atoms with Gasteiger partial charge in [0.2, 0.25) is 5.89 Å². The highest BCUT2D eigenvalue weighted by molar-refractivity contribution is 7.20. The standard InChI is InChI=1S/C19H14N4O4S/c1-10-3-4-12(7-11(10)2)18-21-22-19(27-18)20-17(24)16-9-13-8-14(23(25)26)5-6-15(13)28-16/h3-9H,1-2H3,(H,20,22,24). The number of rotatable bonds is 4. The monoisotopic (exact) mass is 394 g/mol. The van der Waals surface area contributed by atoms with E-state index in [1.165, 1.54) is 23.5 Å². The van der Waals surface area contributed by atoms with Gasteiger partial charge in [-0.05, 0) is 49.2 Å². The zero-order valence-corrected chi connectivity index (χ0v) is 15.7. The fraction of sp³-hybridized carbons (Fsp3) is 0.105. The van der Waals surface area contributed by atoms with E-state index in [0.29, 0.717) is 16.2 Å². The van der Waals surface area contributed by atoms with Crippen LogP contribution in [0.3, 0.4) is 0 Å². The van der Waals surface area contributed by atoms with E-state index in [0.717, 1.165) is 21.4 Å². The number of benzene rings is 2. The van der Waals surface area contributed by atoms with E-state index in [2.05, 4.69) is 15.5 Å². The van der Waals surface area contributed by atoms with Crippen LogP contribution in [0.2, 0.25) is 0 Å². The van der Waals surface area contributed by atoms with Crippen LogP contribution >= 0.6 is 11.3 Å². The van der Waals surface area contributed by atoms with Gasteiger partial charge in [0.25, 0.3) is 11.6 Å².